The molecule has 38 heavy (non-hydrogen) atoms. The molecule has 0 fully saturated rings. The van der Waals surface area contributed by atoms with Crippen LogP contribution in [0.1, 0.15) is 19.3 Å². The lowest BCUT2D eigenvalue weighted by Gasteiger charge is -2.09. The molecule has 0 aromatic heterocycles. The molecule has 6 N–H and O–H groups in total. The molecule has 0 aliphatic heterocycles. The van der Waals surface area contributed by atoms with Crippen molar-refractivity contribution in [2.45, 2.75) is 29.8 Å². The van der Waals surface area contributed by atoms with Crippen LogP contribution in [0.2, 0.25) is 0 Å². The highest BCUT2D eigenvalue weighted by molar-refractivity contribution is 8.00. The molecule has 0 radical (unpaired) electrons. The van der Waals surface area contributed by atoms with E-state index in [2.05, 4.69) is 19.2 Å². The number of hydrogen-bond acceptors (Lipinski definition) is 12. The molecule has 0 aromatic rings. The zero-order valence-electron chi connectivity index (χ0n) is 21.1. The van der Waals surface area contributed by atoms with Gasteiger partial charge in [0.1, 0.15) is 10.5 Å². The van der Waals surface area contributed by atoms with Crippen LogP contribution in [0.15, 0.2) is 12.7 Å². The highest BCUT2D eigenvalue weighted by Crippen LogP contribution is 2.16. The predicted molar refractivity (Wildman–Crippen MR) is 141 cm³/mol. The van der Waals surface area contributed by atoms with Crippen molar-refractivity contribution in [3.05, 3.63) is 12.7 Å². The van der Waals surface area contributed by atoms with Crippen molar-refractivity contribution in [3.63, 3.8) is 0 Å². The summed E-state index contributed by atoms with van der Waals surface area (Å²) in [6.45, 7) is 7.16. The van der Waals surface area contributed by atoms with Crippen LogP contribution in [-0.2, 0) is 38.1 Å². The van der Waals surface area contributed by atoms with Gasteiger partial charge in [0, 0.05) is 6.61 Å². The Labute approximate surface area is 231 Å². The third-order valence-corrected chi connectivity index (χ3v) is 5.19. The third-order valence-electron chi connectivity index (χ3n) is 3.49. The van der Waals surface area contributed by atoms with E-state index in [4.69, 9.17) is 49.6 Å². The third kappa shape index (κ3) is 36.2. The maximum Gasteiger partial charge on any atom is 0.317 e. The number of carboxylic acid groups (broad SMARTS) is 4. The Bertz CT molecular complexity index is 621. The molecule has 0 aliphatic carbocycles. The minimum atomic E-state index is -1.21. The lowest BCUT2D eigenvalue weighted by molar-refractivity contribution is -0.142. The van der Waals surface area contributed by atoms with Gasteiger partial charge in [-0.2, -0.15) is 12.6 Å². The largest absolute Gasteiger partial charge is 0.481 e. The van der Waals surface area contributed by atoms with Crippen molar-refractivity contribution < 1.29 is 68.8 Å². The number of aliphatic hydroxyl groups excluding tert-OH is 2. The quantitative estimate of drug-likeness (QED) is 0.0474. The second kappa shape index (κ2) is 31.3. The first-order valence-electron chi connectivity index (χ1n) is 11.4. The van der Waals surface area contributed by atoms with Crippen molar-refractivity contribution in [1.82, 2.24) is 0 Å². The Balaban J connectivity index is -0.000000541. The van der Waals surface area contributed by atoms with E-state index in [-0.39, 0.29) is 26.2 Å². The van der Waals surface area contributed by atoms with Gasteiger partial charge in [0.2, 0.25) is 0 Å². The van der Waals surface area contributed by atoms with E-state index in [9.17, 15) is 19.2 Å². The Morgan fingerprint density at radius 3 is 1.58 bits per heavy atom. The standard InChI is InChI=1S/C11H20O7S.C7H14O3.C4H6O4S/c12-2-4-18-6-5-17-3-1-7-19-9(11(15)16)8-10(13)14;1-2-4-9-6-7-10-5-3-8;5-3(6)1-2(9)4(7)8/h9,12H,1-8H2,(H,13,14)(H,15,16);2,8H,1,3-7H2;2,9H,1H2,(H,5,6)(H,7,8). The van der Waals surface area contributed by atoms with Gasteiger partial charge in [0.15, 0.2) is 0 Å². The molecule has 0 spiro atoms. The molecule has 14 nitrogen and oxygen atoms in total. The van der Waals surface area contributed by atoms with Crippen molar-refractivity contribution in [2.75, 3.05) is 71.8 Å². The first kappa shape index (κ1) is 40.6. The number of aliphatic hydroxyl groups is 2. The van der Waals surface area contributed by atoms with E-state index in [0.717, 1.165) is 11.8 Å². The topological polar surface area (TPSA) is 227 Å². The molecule has 0 aliphatic rings. The van der Waals surface area contributed by atoms with Crippen molar-refractivity contribution in [3.8, 4) is 0 Å². The zero-order valence-corrected chi connectivity index (χ0v) is 22.9. The molecule has 0 rings (SSSR count). The number of carboxylic acids is 4. The maximum atomic E-state index is 10.7. The van der Waals surface area contributed by atoms with Crippen LogP contribution in [0.4, 0.5) is 0 Å². The maximum absolute atomic E-state index is 10.7. The number of thiol groups is 1. The fourth-order valence-corrected chi connectivity index (χ4v) is 2.98. The first-order valence-corrected chi connectivity index (χ1v) is 12.9. The Hall–Kier alpha value is -1.92. The van der Waals surface area contributed by atoms with Crippen molar-refractivity contribution in [2.24, 2.45) is 0 Å². The monoisotopic (exact) mass is 592 g/mol. The summed E-state index contributed by atoms with van der Waals surface area (Å²) in [6, 6.07) is 0. The molecule has 0 bridgehead atoms. The molecular formula is C22H40O14S2. The van der Waals surface area contributed by atoms with Crippen LogP contribution in [0.5, 0.6) is 0 Å². The molecule has 0 heterocycles. The summed E-state index contributed by atoms with van der Waals surface area (Å²) in [7, 11) is 0. The summed E-state index contributed by atoms with van der Waals surface area (Å²) in [6.07, 6.45) is 1.51. The van der Waals surface area contributed by atoms with Crippen molar-refractivity contribution in [1.29, 1.82) is 0 Å². The number of ether oxygens (including phenoxy) is 4. The summed E-state index contributed by atoms with van der Waals surface area (Å²) >= 11 is 4.59. The number of thioether (sulfide) groups is 1. The molecule has 16 heteroatoms. The summed E-state index contributed by atoms with van der Waals surface area (Å²) in [5, 5.41) is 48.2. The number of aliphatic carboxylic acids is 4. The Kier molecular flexibility index (Phi) is 33.4. The highest BCUT2D eigenvalue weighted by Gasteiger charge is 2.20. The second-order valence-corrected chi connectivity index (χ2v) is 8.68. The van der Waals surface area contributed by atoms with Gasteiger partial charge in [0.05, 0.1) is 72.3 Å². The van der Waals surface area contributed by atoms with Crippen LogP contribution in [0, 0.1) is 0 Å². The van der Waals surface area contributed by atoms with E-state index >= 15 is 0 Å². The fraction of sp³-hybridized carbons (Fsp3) is 0.727. The summed E-state index contributed by atoms with van der Waals surface area (Å²) in [5.74, 6) is -4.05. The molecule has 0 saturated heterocycles. The van der Waals surface area contributed by atoms with Crippen LogP contribution < -0.4 is 0 Å². The summed E-state index contributed by atoms with van der Waals surface area (Å²) < 4.78 is 20.1. The second-order valence-electron chi connectivity index (χ2n) is 6.75. The molecule has 2 unspecified atom stereocenters. The smallest absolute Gasteiger partial charge is 0.317 e. The molecule has 0 saturated carbocycles. The lowest BCUT2D eigenvalue weighted by atomic mass is 10.3. The van der Waals surface area contributed by atoms with Gasteiger partial charge in [0.25, 0.3) is 0 Å². The van der Waals surface area contributed by atoms with Gasteiger partial charge in [-0.1, -0.05) is 6.08 Å². The van der Waals surface area contributed by atoms with Crippen molar-refractivity contribution >= 4 is 48.3 Å². The van der Waals surface area contributed by atoms with Crippen LogP contribution in [-0.4, -0.2) is 137 Å². The van der Waals surface area contributed by atoms with E-state index in [1.165, 1.54) is 0 Å². The lowest BCUT2D eigenvalue weighted by Crippen LogP contribution is -2.21. The summed E-state index contributed by atoms with van der Waals surface area (Å²) in [5.41, 5.74) is 0. The van der Waals surface area contributed by atoms with Crippen LogP contribution >= 0.6 is 24.4 Å². The summed E-state index contributed by atoms with van der Waals surface area (Å²) in [4.78, 5) is 40.9. The minimum absolute atomic E-state index is 0.0171. The van der Waals surface area contributed by atoms with E-state index in [1.807, 2.05) is 0 Å². The molecule has 2 atom stereocenters. The van der Waals surface area contributed by atoms with E-state index in [0.29, 0.717) is 58.4 Å². The Morgan fingerprint density at radius 2 is 1.21 bits per heavy atom. The predicted octanol–water partition coefficient (Wildman–Crippen LogP) is 0.105. The zero-order chi connectivity index (χ0) is 29.6. The number of hydrogen-bond donors (Lipinski definition) is 7. The fourth-order valence-electron chi connectivity index (χ4n) is 1.85. The van der Waals surface area contributed by atoms with E-state index in [1.54, 1.807) is 6.08 Å². The number of rotatable bonds is 23. The van der Waals surface area contributed by atoms with Crippen LogP contribution in [0.25, 0.3) is 0 Å². The SMILES string of the molecule is C=CCOCCOCCO.O=C(O)CC(S)C(=O)O.O=C(O)CC(SCCCOCCOCCO)C(=O)O. The van der Waals surface area contributed by atoms with Gasteiger partial charge in [-0.3, -0.25) is 19.2 Å². The minimum Gasteiger partial charge on any atom is -0.481 e. The van der Waals surface area contributed by atoms with Gasteiger partial charge in [-0.05, 0) is 12.2 Å². The molecule has 0 amide bonds. The molecule has 224 valence electrons. The molecule has 0 aromatic carbocycles. The first-order chi connectivity index (χ1) is 18.0. The van der Waals surface area contributed by atoms with Gasteiger partial charge in [-0.15, -0.1) is 18.3 Å². The van der Waals surface area contributed by atoms with Gasteiger partial charge < -0.3 is 49.6 Å². The number of carbonyl (C=O) groups is 4. The average Bonchev–Trinajstić information content (AvgIpc) is 2.84. The highest BCUT2D eigenvalue weighted by atomic mass is 32.2. The normalized spacial score (nSPS) is 11.7. The molecular weight excluding hydrogens is 552 g/mol. The van der Waals surface area contributed by atoms with Gasteiger partial charge in [-0.25, -0.2) is 0 Å². The average molecular weight is 593 g/mol. The Morgan fingerprint density at radius 1 is 0.737 bits per heavy atom. The van der Waals surface area contributed by atoms with E-state index < -0.39 is 40.8 Å². The van der Waals surface area contributed by atoms with Crippen LogP contribution in [0.3, 0.4) is 0 Å². The van der Waals surface area contributed by atoms with Gasteiger partial charge >= 0.3 is 23.9 Å².